The molecule has 1 amide bonds. The Morgan fingerprint density at radius 3 is 2.40 bits per heavy atom. The van der Waals surface area contributed by atoms with E-state index in [4.69, 9.17) is 16.3 Å². The third-order valence-corrected chi connectivity index (χ3v) is 6.96. The van der Waals surface area contributed by atoms with Crippen LogP contribution in [0.15, 0.2) is 83.8 Å². The van der Waals surface area contributed by atoms with Gasteiger partial charge in [0.05, 0.1) is 18.5 Å². The summed E-state index contributed by atoms with van der Waals surface area (Å²) in [6.07, 6.45) is 1.66. The summed E-state index contributed by atoms with van der Waals surface area (Å²) in [4.78, 5) is 29.5. The number of aliphatic hydroxyl groups is 1. The Morgan fingerprint density at radius 1 is 1.00 bits per heavy atom. The molecule has 1 aliphatic heterocycles. The molecule has 5 rings (SSSR count). The monoisotopic (exact) mass is 559 g/mol. The van der Waals surface area contributed by atoms with Gasteiger partial charge in [-0.05, 0) is 59.7 Å². The Morgan fingerprint density at radius 2 is 1.73 bits per heavy atom. The molecule has 2 N–H and O–H groups in total. The molecule has 0 aliphatic carbocycles. The van der Waals surface area contributed by atoms with Gasteiger partial charge < -0.3 is 20.1 Å². The summed E-state index contributed by atoms with van der Waals surface area (Å²) < 4.78 is 7.57. The molecule has 0 spiro atoms. The van der Waals surface area contributed by atoms with Gasteiger partial charge in [0.2, 0.25) is 11.7 Å². The first kappa shape index (κ1) is 27.4. The third-order valence-electron chi connectivity index (χ3n) is 6.71. The second-order valence-electron chi connectivity index (χ2n) is 9.49. The second-order valence-corrected chi connectivity index (χ2v) is 9.93. The molecule has 1 saturated heterocycles. The molecule has 4 aromatic rings. The van der Waals surface area contributed by atoms with Crippen LogP contribution in [0.5, 0.6) is 11.5 Å². The average molecular weight is 560 g/mol. The summed E-state index contributed by atoms with van der Waals surface area (Å²) in [5.41, 5.74) is 3.40. The highest BCUT2D eigenvalue weighted by Gasteiger charge is 2.24. The summed E-state index contributed by atoms with van der Waals surface area (Å²) in [7, 11) is 0. The van der Waals surface area contributed by atoms with Crippen molar-refractivity contribution in [3.8, 4) is 28.3 Å². The first-order valence-corrected chi connectivity index (χ1v) is 13.4. The van der Waals surface area contributed by atoms with Crippen LogP contribution in [0.4, 0.5) is 11.4 Å². The molecular formula is C30H30ClN5O4. The van der Waals surface area contributed by atoms with Crippen molar-refractivity contribution >= 4 is 28.9 Å². The predicted molar refractivity (Wildman–Crippen MR) is 157 cm³/mol. The number of halogens is 1. The number of piperazine rings is 1. The number of ether oxygens (including phenoxy) is 1. The van der Waals surface area contributed by atoms with E-state index in [9.17, 15) is 14.7 Å². The van der Waals surface area contributed by atoms with Crippen LogP contribution in [0.1, 0.15) is 6.92 Å². The zero-order valence-electron chi connectivity index (χ0n) is 22.1. The molecule has 0 atom stereocenters. The van der Waals surface area contributed by atoms with Crippen LogP contribution in [0.3, 0.4) is 0 Å². The van der Waals surface area contributed by atoms with Crippen LogP contribution in [-0.4, -0.2) is 65.0 Å². The molecular weight excluding hydrogens is 530 g/mol. The summed E-state index contributed by atoms with van der Waals surface area (Å²) in [5.74, 6) is 0.557. The van der Waals surface area contributed by atoms with Crippen molar-refractivity contribution < 1.29 is 14.6 Å². The van der Waals surface area contributed by atoms with E-state index in [-0.39, 0.29) is 23.8 Å². The third kappa shape index (κ3) is 6.34. The number of aliphatic hydroxyl groups excluding tert-OH is 1. The fourth-order valence-electron chi connectivity index (χ4n) is 4.68. The number of hydrogen-bond donors (Lipinski definition) is 2. The quantitative estimate of drug-likeness (QED) is 0.330. The first-order valence-electron chi connectivity index (χ1n) is 13.0. The van der Waals surface area contributed by atoms with Crippen molar-refractivity contribution in [3.63, 3.8) is 0 Å². The Balaban J connectivity index is 1.46. The number of nitrogens with zero attached hydrogens (tertiary/aromatic N) is 4. The van der Waals surface area contributed by atoms with E-state index in [1.54, 1.807) is 30.5 Å². The summed E-state index contributed by atoms with van der Waals surface area (Å²) >= 11 is 6.05. The van der Waals surface area contributed by atoms with Crippen LogP contribution < -0.4 is 20.5 Å². The molecule has 0 radical (unpaired) electrons. The summed E-state index contributed by atoms with van der Waals surface area (Å²) in [6, 6.07) is 21.9. The zero-order valence-corrected chi connectivity index (χ0v) is 22.8. The normalized spacial score (nSPS) is 13.7. The Bertz CT molecular complexity index is 1530. The molecule has 9 nitrogen and oxygen atoms in total. The van der Waals surface area contributed by atoms with E-state index in [0.29, 0.717) is 47.5 Å². The number of carbonyl (C=O) groups is 1. The summed E-state index contributed by atoms with van der Waals surface area (Å²) in [6.45, 7) is 5.06. The highest BCUT2D eigenvalue weighted by atomic mass is 35.5. The molecule has 1 fully saturated rings. The van der Waals surface area contributed by atoms with Gasteiger partial charge in [0.1, 0.15) is 11.4 Å². The van der Waals surface area contributed by atoms with E-state index < -0.39 is 0 Å². The van der Waals surface area contributed by atoms with Crippen LogP contribution in [0, 0.1) is 0 Å². The molecule has 2 heterocycles. The van der Waals surface area contributed by atoms with Crippen LogP contribution in [0.25, 0.3) is 16.8 Å². The van der Waals surface area contributed by atoms with Gasteiger partial charge in [0, 0.05) is 50.4 Å². The van der Waals surface area contributed by atoms with Crippen LogP contribution >= 0.6 is 11.6 Å². The topological polar surface area (TPSA) is 99.9 Å². The van der Waals surface area contributed by atoms with Gasteiger partial charge in [0.25, 0.3) is 0 Å². The van der Waals surface area contributed by atoms with Gasteiger partial charge in [-0.1, -0.05) is 35.9 Å². The standard InChI is InChI=1S/C30H30ClN5O4/c1-21(38)33-25-4-2-3-23(19-25)22-5-11-27(12-6-22)40-29-28(35-15-13-34(14-16-35)17-18-37)20-32-36(30(29)39)26-9-7-24(31)8-10-26/h2-12,19-20,37H,13-18H2,1H3,(H,33,38). The predicted octanol–water partition coefficient (Wildman–Crippen LogP) is 4.42. The number of rotatable bonds is 8. The highest BCUT2D eigenvalue weighted by molar-refractivity contribution is 6.30. The van der Waals surface area contributed by atoms with Crippen LogP contribution in [-0.2, 0) is 4.79 Å². The largest absolute Gasteiger partial charge is 0.449 e. The second kappa shape index (κ2) is 12.3. The molecule has 206 valence electrons. The number of nitrogens with one attached hydrogen (secondary N) is 1. The maximum atomic E-state index is 13.7. The van der Waals surface area contributed by atoms with Gasteiger partial charge in [-0.2, -0.15) is 9.78 Å². The average Bonchev–Trinajstić information content (AvgIpc) is 2.96. The molecule has 10 heteroatoms. The van der Waals surface area contributed by atoms with Gasteiger partial charge in [-0.25, -0.2) is 0 Å². The highest BCUT2D eigenvalue weighted by Crippen LogP contribution is 2.31. The van der Waals surface area contributed by atoms with E-state index in [0.717, 1.165) is 24.2 Å². The van der Waals surface area contributed by atoms with Gasteiger partial charge >= 0.3 is 5.56 Å². The maximum absolute atomic E-state index is 13.7. The van der Waals surface area contributed by atoms with Crippen molar-refractivity contribution in [1.82, 2.24) is 14.7 Å². The molecule has 0 unspecified atom stereocenters. The lowest BCUT2D eigenvalue weighted by molar-refractivity contribution is -0.114. The minimum atomic E-state index is -0.385. The Kier molecular flexibility index (Phi) is 8.45. The van der Waals surface area contributed by atoms with Gasteiger partial charge in [0.15, 0.2) is 0 Å². The number of β-amino-alcohol motifs (C(OH)–C–C–N with tert-alkyl or cyclic N) is 1. The fourth-order valence-corrected chi connectivity index (χ4v) is 4.81. The smallest absolute Gasteiger partial charge is 0.316 e. The molecule has 1 aliphatic rings. The molecule has 3 aromatic carbocycles. The zero-order chi connectivity index (χ0) is 28.1. The van der Waals surface area contributed by atoms with Crippen molar-refractivity contribution in [2.45, 2.75) is 6.92 Å². The van der Waals surface area contributed by atoms with E-state index in [1.807, 2.05) is 48.5 Å². The van der Waals surface area contributed by atoms with Crippen molar-refractivity contribution in [1.29, 1.82) is 0 Å². The number of carbonyl (C=O) groups excluding carboxylic acids is 1. The fraction of sp³-hybridized carbons (Fsp3) is 0.233. The summed E-state index contributed by atoms with van der Waals surface area (Å²) in [5, 5.41) is 17.1. The Hall–Kier alpha value is -4.18. The molecule has 0 bridgehead atoms. The van der Waals surface area contributed by atoms with E-state index in [1.165, 1.54) is 11.6 Å². The number of anilines is 2. The van der Waals surface area contributed by atoms with Gasteiger partial charge in [-0.3, -0.25) is 14.5 Å². The first-order chi connectivity index (χ1) is 19.4. The number of benzene rings is 3. The minimum absolute atomic E-state index is 0.112. The Labute approximate surface area is 237 Å². The molecule has 0 saturated carbocycles. The van der Waals surface area contributed by atoms with Crippen molar-refractivity contribution in [2.24, 2.45) is 0 Å². The lowest BCUT2D eigenvalue weighted by Crippen LogP contribution is -2.47. The molecule has 40 heavy (non-hydrogen) atoms. The van der Waals surface area contributed by atoms with Crippen LogP contribution in [0.2, 0.25) is 5.02 Å². The number of amides is 1. The minimum Gasteiger partial charge on any atom is -0.449 e. The maximum Gasteiger partial charge on any atom is 0.316 e. The van der Waals surface area contributed by atoms with Crippen molar-refractivity contribution in [3.05, 3.63) is 94.4 Å². The molecule has 1 aromatic heterocycles. The van der Waals surface area contributed by atoms with Gasteiger partial charge in [-0.15, -0.1) is 0 Å². The van der Waals surface area contributed by atoms with Crippen molar-refractivity contribution in [2.75, 3.05) is 49.5 Å². The lowest BCUT2D eigenvalue weighted by Gasteiger charge is -2.36. The lowest BCUT2D eigenvalue weighted by atomic mass is 10.0. The SMILES string of the molecule is CC(=O)Nc1cccc(-c2ccc(Oc3c(N4CCN(CCO)CC4)cnn(-c4ccc(Cl)cc4)c3=O)cc2)c1. The van der Waals surface area contributed by atoms with E-state index >= 15 is 0 Å². The van der Waals surface area contributed by atoms with E-state index in [2.05, 4.69) is 20.2 Å². The number of hydrogen-bond acceptors (Lipinski definition) is 7. The number of aromatic nitrogens is 2.